The van der Waals surface area contributed by atoms with Crippen molar-refractivity contribution < 1.29 is 22.7 Å². The summed E-state index contributed by atoms with van der Waals surface area (Å²) in [5, 5.41) is 2.57. The highest BCUT2D eigenvalue weighted by atomic mass is 32.2. The molecule has 0 unspecified atom stereocenters. The Kier molecular flexibility index (Phi) is 11.6. The summed E-state index contributed by atoms with van der Waals surface area (Å²) in [6, 6.07) is 7.77. The van der Waals surface area contributed by atoms with Gasteiger partial charge in [0, 0.05) is 49.6 Å². The largest absolute Gasteiger partial charge is 0.380 e. The lowest BCUT2D eigenvalue weighted by atomic mass is 9.86. The minimum absolute atomic E-state index is 0.00235. The summed E-state index contributed by atoms with van der Waals surface area (Å²) in [4.78, 5) is 15.0. The SMILES string of the molecule is CCOCCN(CCOCC)c1ccc(NC(=O)C2CCC(NS(=O)(=O)C(C)C)CC2)cc1. The van der Waals surface area contributed by atoms with E-state index in [0.717, 1.165) is 24.5 Å². The summed E-state index contributed by atoms with van der Waals surface area (Å²) in [6.45, 7) is 11.5. The summed E-state index contributed by atoms with van der Waals surface area (Å²) in [5.41, 5.74) is 1.83. The van der Waals surface area contributed by atoms with Gasteiger partial charge in [-0.2, -0.15) is 0 Å². The minimum Gasteiger partial charge on any atom is -0.380 e. The number of ether oxygens (including phenoxy) is 2. The normalized spacial score (nSPS) is 18.9. The van der Waals surface area contributed by atoms with Gasteiger partial charge in [-0.1, -0.05) is 0 Å². The van der Waals surface area contributed by atoms with Crippen LogP contribution in [0.2, 0.25) is 0 Å². The van der Waals surface area contributed by atoms with E-state index in [1.54, 1.807) is 13.8 Å². The average Bonchev–Trinajstić information content (AvgIpc) is 2.79. The van der Waals surface area contributed by atoms with Crippen molar-refractivity contribution in [2.75, 3.05) is 49.7 Å². The van der Waals surface area contributed by atoms with Gasteiger partial charge in [-0.25, -0.2) is 13.1 Å². The van der Waals surface area contributed by atoms with Gasteiger partial charge in [-0.15, -0.1) is 0 Å². The van der Waals surface area contributed by atoms with Gasteiger partial charge in [0.2, 0.25) is 15.9 Å². The van der Waals surface area contributed by atoms with Gasteiger partial charge in [0.1, 0.15) is 0 Å². The predicted molar refractivity (Wildman–Crippen MR) is 133 cm³/mol. The third-order valence-electron chi connectivity index (χ3n) is 5.97. The standard InChI is InChI=1S/C24H41N3O5S/c1-5-31-17-15-27(16-18-32-6-2)23-13-11-21(12-14-23)25-24(28)20-7-9-22(10-8-20)26-33(29,30)19(3)4/h11-14,19-20,22,26H,5-10,15-18H2,1-4H3,(H,25,28). The van der Waals surface area contributed by atoms with Crippen LogP contribution in [0.4, 0.5) is 11.4 Å². The second-order valence-corrected chi connectivity index (χ2v) is 10.9. The third-order valence-corrected chi connectivity index (χ3v) is 7.87. The Hall–Kier alpha value is -1.68. The number of amides is 1. The number of carbonyl (C=O) groups excluding carboxylic acids is 1. The molecule has 1 amide bonds. The first-order chi connectivity index (χ1) is 15.8. The topological polar surface area (TPSA) is 97.0 Å². The fourth-order valence-corrected chi connectivity index (χ4v) is 4.82. The van der Waals surface area contributed by atoms with Crippen LogP contribution in [-0.2, 0) is 24.3 Å². The third kappa shape index (κ3) is 9.23. The number of anilines is 2. The molecular formula is C24H41N3O5S. The van der Waals surface area contributed by atoms with E-state index in [-0.39, 0.29) is 17.9 Å². The molecule has 0 aromatic heterocycles. The average molecular weight is 484 g/mol. The molecule has 2 rings (SSSR count). The van der Waals surface area contributed by atoms with Gasteiger partial charge in [0.25, 0.3) is 0 Å². The van der Waals surface area contributed by atoms with Crippen LogP contribution in [0.15, 0.2) is 24.3 Å². The lowest BCUT2D eigenvalue weighted by Crippen LogP contribution is -2.42. The predicted octanol–water partition coefficient (Wildman–Crippen LogP) is 3.39. The highest BCUT2D eigenvalue weighted by Crippen LogP contribution is 2.27. The molecule has 1 saturated carbocycles. The first-order valence-corrected chi connectivity index (χ1v) is 13.6. The van der Waals surface area contributed by atoms with Crippen molar-refractivity contribution in [2.24, 2.45) is 5.92 Å². The number of nitrogens with zero attached hydrogens (tertiary/aromatic N) is 1. The molecule has 1 aliphatic carbocycles. The molecule has 9 heteroatoms. The van der Waals surface area contributed by atoms with Crippen molar-refractivity contribution in [1.82, 2.24) is 4.72 Å². The first-order valence-electron chi connectivity index (χ1n) is 12.1. The van der Waals surface area contributed by atoms with Crippen molar-refractivity contribution in [3.05, 3.63) is 24.3 Å². The van der Waals surface area contributed by atoms with E-state index in [9.17, 15) is 13.2 Å². The van der Waals surface area contributed by atoms with Gasteiger partial charge in [-0.3, -0.25) is 4.79 Å². The van der Waals surface area contributed by atoms with Crippen molar-refractivity contribution in [3.63, 3.8) is 0 Å². The summed E-state index contributed by atoms with van der Waals surface area (Å²) >= 11 is 0. The van der Waals surface area contributed by atoms with E-state index in [4.69, 9.17) is 9.47 Å². The molecular weight excluding hydrogens is 442 g/mol. The number of carbonyl (C=O) groups is 1. The molecule has 0 heterocycles. The van der Waals surface area contributed by atoms with E-state index in [1.807, 2.05) is 38.1 Å². The number of sulfonamides is 1. The molecule has 33 heavy (non-hydrogen) atoms. The van der Waals surface area contributed by atoms with Gasteiger partial charge >= 0.3 is 0 Å². The molecule has 0 radical (unpaired) electrons. The molecule has 0 atom stereocenters. The van der Waals surface area contributed by atoms with Crippen LogP contribution in [-0.4, -0.2) is 65.1 Å². The van der Waals surface area contributed by atoms with E-state index >= 15 is 0 Å². The molecule has 0 spiro atoms. The smallest absolute Gasteiger partial charge is 0.227 e. The van der Waals surface area contributed by atoms with Crippen LogP contribution >= 0.6 is 0 Å². The molecule has 1 aromatic carbocycles. The zero-order chi connectivity index (χ0) is 24.3. The highest BCUT2D eigenvalue weighted by Gasteiger charge is 2.29. The van der Waals surface area contributed by atoms with Crippen molar-refractivity contribution in [1.29, 1.82) is 0 Å². The van der Waals surface area contributed by atoms with Crippen LogP contribution in [0.5, 0.6) is 0 Å². The number of benzene rings is 1. The Labute approximate surface area is 199 Å². The van der Waals surface area contributed by atoms with Crippen LogP contribution in [0.3, 0.4) is 0 Å². The van der Waals surface area contributed by atoms with E-state index in [2.05, 4.69) is 14.9 Å². The summed E-state index contributed by atoms with van der Waals surface area (Å²) in [5.74, 6) is -0.101. The molecule has 1 aliphatic rings. The highest BCUT2D eigenvalue weighted by molar-refractivity contribution is 7.90. The number of hydrogen-bond acceptors (Lipinski definition) is 6. The maximum atomic E-state index is 12.7. The van der Waals surface area contributed by atoms with E-state index in [0.29, 0.717) is 52.1 Å². The molecule has 0 bridgehead atoms. The zero-order valence-electron chi connectivity index (χ0n) is 20.5. The lowest BCUT2D eigenvalue weighted by molar-refractivity contribution is -0.120. The Morgan fingerprint density at radius 3 is 2.03 bits per heavy atom. The number of hydrogen-bond donors (Lipinski definition) is 2. The molecule has 0 saturated heterocycles. The van der Waals surface area contributed by atoms with Crippen LogP contribution in [0.1, 0.15) is 53.4 Å². The molecule has 8 nitrogen and oxygen atoms in total. The molecule has 1 fully saturated rings. The fraction of sp³-hybridized carbons (Fsp3) is 0.708. The second-order valence-electron chi connectivity index (χ2n) is 8.68. The Bertz CT molecular complexity index is 796. The van der Waals surface area contributed by atoms with Gasteiger partial charge < -0.3 is 19.7 Å². The van der Waals surface area contributed by atoms with Crippen LogP contribution in [0, 0.1) is 5.92 Å². The summed E-state index contributed by atoms with van der Waals surface area (Å²) in [6.07, 6.45) is 2.71. The molecule has 1 aromatic rings. The monoisotopic (exact) mass is 483 g/mol. The van der Waals surface area contributed by atoms with Gasteiger partial charge in [0.15, 0.2) is 0 Å². The second kappa shape index (κ2) is 13.9. The van der Waals surface area contributed by atoms with Crippen molar-refractivity contribution >= 4 is 27.3 Å². The van der Waals surface area contributed by atoms with Crippen molar-refractivity contribution in [3.8, 4) is 0 Å². The summed E-state index contributed by atoms with van der Waals surface area (Å²) < 4.78 is 37.9. The first kappa shape index (κ1) is 27.6. The Morgan fingerprint density at radius 2 is 1.55 bits per heavy atom. The maximum absolute atomic E-state index is 12.7. The number of nitrogens with one attached hydrogen (secondary N) is 2. The fourth-order valence-electron chi connectivity index (χ4n) is 3.85. The molecule has 188 valence electrons. The number of rotatable bonds is 14. The molecule has 0 aliphatic heterocycles. The Morgan fingerprint density at radius 1 is 1.00 bits per heavy atom. The quantitative estimate of drug-likeness (QED) is 0.394. The van der Waals surface area contributed by atoms with Crippen molar-refractivity contribution in [2.45, 2.75) is 64.7 Å². The van der Waals surface area contributed by atoms with Crippen LogP contribution < -0.4 is 14.9 Å². The van der Waals surface area contributed by atoms with E-state index < -0.39 is 15.3 Å². The van der Waals surface area contributed by atoms with Gasteiger partial charge in [0.05, 0.1) is 18.5 Å². The maximum Gasteiger partial charge on any atom is 0.227 e. The molecule has 2 N–H and O–H groups in total. The summed E-state index contributed by atoms with van der Waals surface area (Å²) in [7, 11) is -3.28. The van der Waals surface area contributed by atoms with Crippen LogP contribution in [0.25, 0.3) is 0 Å². The lowest BCUT2D eigenvalue weighted by Gasteiger charge is -2.29. The minimum atomic E-state index is -3.28. The zero-order valence-corrected chi connectivity index (χ0v) is 21.3. The Balaban J connectivity index is 1.87. The van der Waals surface area contributed by atoms with Gasteiger partial charge in [-0.05, 0) is 77.6 Å². The van der Waals surface area contributed by atoms with E-state index in [1.165, 1.54) is 0 Å².